The van der Waals surface area contributed by atoms with Crippen molar-refractivity contribution in [3.05, 3.63) is 95.4 Å². The molecule has 1 saturated heterocycles. The van der Waals surface area contributed by atoms with Gasteiger partial charge in [0.05, 0.1) is 18.2 Å². The van der Waals surface area contributed by atoms with Gasteiger partial charge >= 0.3 is 0 Å². The number of hydrogen-bond acceptors (Lipinski definition) is 6. The van der Waals surface area contributed by atoms with Crippen LogP contribution >= 0.6 is 11.8 Å². The average Bonchev–Trinajstić information content (AvgIpc) is 3.58. The Labute approximate surface area is 220 Å². The zero-order chi connectivity index (χ0) is 26.4. The Kier molecular flexibility index (Phi) is 8.68. The average molecular weight is 522 g/mol. The second kappa shape index (κ2) is 12.1. The fraction of sp³-hybridized carbons (Fsp3) is 0.321. The van der Waals surface area contributed by atoms with Crippen LogP contribution in [0.4, 0.5) is 0 Å². The molecule has 0 saturated carbocycles. The first-order valence-corrected chi connectivity index (χ1v) is 13.2. The summed E-state index contributed by atoms with van der Waals surface area (Å²) in [5, 5.41) is 16.7. The third-order valence-corrected chi connectivity index (χ3v) is 7.73. The number of amides is 3. The molecule has 2 unspecified atom stereocenters. The van der Waals surface area contributed by atoms with Crippen molar-refractivity contribution in [2.24, 2.45) is 0 Å². The molecule has 3 aromatic rings. The highest BCUT2D eigenvalue weighted by atomic mass is 32.2. The number of benzene rings is 2. The molecule has 0 aliphatic carbocycles. The minimum absolute atomic E-state index is 0.0801. The van der Waals surface area contributed by atoms with Crippen LogP contribution < -0.4 is 10.6 Å². The summed E-state index contributed by atoms with van der Waals surface area (Å²) in [6.45, 7) is 4.22. The standard InChI is InChI=1S/C28H31N3O5S/c1-18-9-6-7-12-21(18)16-29-27(34)24-19(2)37-17-31(24)28(35)25(32)22(15-20-10-4-3-5-11-20)30-26(33)23-13-8-14-36-23/h3-14,19,22,24-25,32H,15-17H2,1-2H3,(H,29,34)(H,30,33)/t19?,22?,24-,25-/m0/s1. The maximum absolute atomic E-state index is 13.5. The molecule has 0 bridgehead atoms. The lowest BCUT2D eigenvalue weighted by molar-refractivity contribution is -0.146. The minimum atomic E-state index is -1.56. The van der Waals surface area contributed by atoms with Crippen LogP contribution in [-0.2, 0) is 22.6 Å². The molecule has 1 aliphatic heterocycles. The molecular formula is C28H31N3O5S. The second-order valence-electron chi connectivity index (χ2n) is 9.09. The Morgan fingerprint density at radius 2 is 1.81 bits per heavy atom. The van der Waals surface area contributed by atoms with Gasteiger partial charge in [-0.15, -0.1) is 11.8 Å². The first-order valence-electron chi connectivity index (χ1n) is 12.2. The highest BCUT2D eigenvalue weighted by Gasteiger charge is 2.43. The van der Waals surface area contributed by atoms with Crippen LogP contribution in [0.25, 0.3) is 0 Å². The lowest BCUT2D eigenvalue weighted by Crippen LogP contribution is -2.57. The van der Waals surface area contributed by atoms with Crippen LogP contribution in [0.5, 0.6) is 0 Å². The van der Waals surface area contributed by atoms with Gasteiger partial charge in [0.2, 0.25) is 5.91 Å². The molecule has 8 nitrogen and oxygen atoms in total. The monoisotopic (exact) mass is 521 g/mol. The van der Waals surface area contributed by atoms with Crippen LogP contribution in [0.15, 0.2) is 77.4 Å². The van der Waals surface area contributed by atoms with Gasteiger partial charge in [0.25, 0.3) is 11.8 Å². The van der Waals surface area contributed by atoms with Crippen molar-refractivity contribution >= 4 is 29.5 Å². The molecule has 4 rings (SSSR count). The number of aliphatic hydroxyl groups is 1. The fourth-order valence-electron chi connectivity index (χ4n) is 4.37. The normalized spacial score (nSPS) is 18.7. The topological polar surface area (TPSA) is 112 Å². The van der Waals surface area contributed by atoms with Crippen molar-refractivity contribution in [1.29, 1.82) is 0 Å². The van der Waals surface area contributed by atoms with Gasteiger partial charge in [-0.1, -0.05) is 61.5 Å². The molecular weight excluding hydrogens is 490 g/mol. The molecule has 3 amide bonds. The van der Waals surface area contributed by atoms with E-state index in [-0.39, 0.29) is 29.2 Å². The molecule has 9 heteroatoms. The number of aryl methyl sites for hydroxylation is 1. The lowest BCUT2D eigenvalue weighted by Gasteiger charge is -2.30. The van der Waals surface area contributed by atoms with Crippen LogP contribution in [0, 0.1) is 6.92 Å². The van der Waals surface area contributed by atoms with Crippen LogP contribution in [0.3, 0.4) is 0 Å². The van der Waals surface area contributed by atoms with Gasteiger partial charge in [-0.3, -0.25) is 14.4 Å². The molecule has 4 atom stereocenters. The molecule has 0 radical (unpaired) electrons. The Morgan fingerprint density at radius 3 is 2.51 bits per heavy atom. The molecule has 1 aliphatic rings. The third-order valence-electron chi connectivity index (χ3n) is 6.52. The number of thioether (sulfide) groups is 1. The Morgan fingerprint density at radius 1 is 1.08 bits per heavy atom. The Balaban J connectivity index is 1.49. The quantitative estimate of drug-likeness (QED) is 0.399. The van der Waals surface area contributed by atoms with E-state index in [2.05, 4.69) is 10.6 Å². The van der Waals surface area contributed by atoms with E-state index in [1.165, 1.54) is 29.0 Å². The van der Waals surface area contributed by atoms with Gasteiger partial charge in [0, 0.05) is 11.8 Å². The lowest BCUT2D eigenvalue weighted by atomic mass is 9.99. The van der Waals surface area contributed by atoms with E-state index < -0.39 is 30.0 Å². The van der Waals surface area contributed by atoms with Gasteiger partial charge in [-0.25, -0.2) is 0 Å². The van der Waals surface area contributed by atoms with Crippen molar-refractivity contribution in [3.63, 3.8) is 0 Å². The van der Waals surface area contributed by atoms with Crippen LogP contribution in [-0.4, -0.2) is 57.0 Å². The maximum Gasteiger partial charge on any atom is 0.287 e. The van der Waals surface area contributed by atoms with E-state index in [1.807, 2.05) is 68.4 Å². The van der Waals surface area contributed by atoms with Crippen molar-refractivity contribution in [2.45, 2.75) is 50.3 Å². The summed E-state index contributed by atoms with van der Waals surface area (Å²) in [7, 11) is 0. The molecule has 1 aromatic heterocycles. The third kappa shape index (κ3) is 6.42. The minimum Gasteiger partial charge on any atom is -0.459 e. The number of rotatable bonds is 9. The summed E-state index contributed by atoms with van der Waals surface area (Å²) in [6.07, 6.45) is 0.0451. The van der Waals surface area contributed by atoms with Gasteiger partial charge in [0.15, 0.2) is 11.9 Å². The zero-order valence-corrected chi connectivity index (χ0v) is 21.6. The summed E-state index contributed by atoms with van der Waals surface area (Å²) < 4.78 is 5.18. The number of nitrogens with zero attached hydrogens (tertiary/aromatic N) is 1. The van der Waals surface area contributed by atoms with E-state index in [0.717, 1.165) is 16.7 Å². The van der Waals surface area contributed by atoms with Gasteiger partial charge in [-0.2, -0.15) is 0 Å². The summed E-state index contributed by atoms with van der Waals surface area (Å²) >= 11 is 1.47. The molecule has 37 heavy (non-hydrogen) atoms. The zero-order valence-electron chi connectivity index (χ0n) is 20.8. The van der Waals surface area contributed by atoms with E-state index in [9.17, 15) is 19.5 Å². The molecule has 194 valence electrons. The molecule has 0 spiro atoms. The van der Waals surface area contributed by atoms with Crippen LogP contribution in [0.1, 0.15) is 34.2 Å². The fourth-order valence-corrected chi connectivity index (χ4v) is 5.51. The van der Waals surface area contributed by atoms with Gasteiger partial charge in [-0.05, 0) is 42.2 Å². The van der Waals surface area contributed by atoms with E-state index in [1.54, 1.807) is 6.07 Å². The first-order chi connectivity index (χ1) is 17.8. The highest BCUT2D eigenvalue weighted by Crippen LogP contribution is 2.30. The van der Waals surface area contributed by atoms with Crippen molar-refractivity contribution < 1.29 is 23.9 Å². The van der Waals surface area contributed by atoms with E-state index >= 15 is 0 Å². The van der Waals surface area contributed by atoms with Crippen LogP contribution in [0.2, 0.25) is 0 Å². The summed E-state index contributed by atoms with van der Waals surface area (Å²) in [5.41, 5.74) is 2.91. The largest absolute Gasteiger partial charge is 0.459 e. The number of hydrogen-bond donors (Lipinski definition) is 3. The molecule has 2 aromatic carbocycles. The van der Waals surface area contributed by atoms with E-state index in [0.29, 0.717) is 6.54 Å². The van der Waals surface area contributed by atoms with Crippen molar-refractivity contribution in [1.82, 2.24) is 15.5 Å². The van der Waals surface area contributed by atoms with Crippen molar-refractivity contribution in [3.8, 4) is 0 Å². The second-order valence-corrected chi connectivity index (χ2v) is 10.4. The summed E-state index contributed by atoms with van der Waals surface area (Å²) in [5.74, 6) is -1.07. The number of carbonyl (C=O) groups excluding carboxylic acids is 3. The van der Waals surface area contributed by atoms with Crippen molar-refractivity contribution in [2.75, 3.05) is 5.88 Å². The smallest absolute Gasteiger partial charge is 0.287 e. The molecule has 2 heterocycles. The molecule has 3 N–H and O–H groups in total. The first kappa shape index (κ1) is 26.5. The highest BCUT2D eigenvalue weighted by molar-refractivity contribution is 8.00. The molecule has 1 fully saturated rings. The predicted octanol–water partition coefficient (Wildman–Crippen LogP) is 2.90. The maximum atomic E-state index is 13.5. The van der Waals surface area contributed by atoms with E-state index in [4.69, 9.17) is 4.42 Å². The van der Waals surface area contributed by atoms with Gasteiger partial charge in [0.1, 0.15) is 6.04 Å². The summed E-state index contributed by atoms with van der Waals surface area (Å²) in [4.78, 5) is 40.9. The Bertz CT molecular complexity index is 1220. The predicted molar refractivity (Wildman–Crippen MR) is 142 cm³/mol. The SMILES string of the molecule is Cc1ccccc1CNC(=O)[C@@H]1C(C)SCN1C(=O)[C@@H](O)C(Cc1ccccc1)NC(=O)c1ccco1. The van der Waals surface area contributed by atoms with Gasteiger partial charge < -0.3 is 25.1 Å². The summed E-state index contributed by atoms with van der Waals surface area (Å²) in [6, 6.07) is 18.5. The number of aliphatic hydroxyl groups excluding tert-OH is 1. The Hall–Kier alpha value is -3.56. The number of carbonyl (C=O) groups is 3. The number of furan rings is 1. The number of nitrogens with one attached hydrogen (secondary N) is 2.